The Kier molecular flexibility index (Phi) is 3.72. The van der Waals surface area contributed by atoms with E-state index in [0.717, 1.165) is 28.7 Å². The number of hydrogen-bond donors (Lipinski definition) is 0. The molecule has 0 aliphatic carbocycles. The van der Waals surface area contributed by atoms with E-state index in [4.69, 9.17) is 11.6 Å². The van der Waals surface area contributed by atoms with Crippen LogP contribution in [0.2, 0.25) is 5.02 Å². The first-order chi connectivity index (χ1) is 9.70. The number of alkyl halides is 1. The van der Waals surface area contributed by atoms with Crippen molar-refractivity contribution in [2.45, 2.75) is 18.2 Å². The minimum atomic E-state index is 0.211. The molecule has 0 aliphatic heterocycles. The molecule has 20 heavy (non-hydrogen) atoms. The van der Waals surface area contributed by atoms with Crippen LogP contribution < -0.4 is 0 Å². The summed E-state index contributed by atoms with van der Waals surface area (Å²) in [7, 11) is 0. The van der Waals surface area contributed by atoms with Crippen LogP contribution in [-0.2, 0) is 0 Å². The zero-order chi connectivity index (χ0) is 14.1. The lowest BCUT2D eigenvalue weighted by Gasteiger charge is -2.06. The van der Waals surface area contributed by atoms with Crippen molar-refractivity contribution in [3.8, 4) is 5.69 Å². The second-order valence-electron chi connectivity index (χ2n) is 4.43. The van der Waals surface area contributed by atoms with E-state index in [9.17, 15) is 0 Å². The summed E-state index contributed by atoms with van der Waals surface area (Å²) in [5.74, 6) is 0. The zero-order valence-electron chi connectivity index (χ0n) is 10.8. The van der Waals surface area contributed by atoms with Gasteiger partial charge >= 0.3 is 0 Å². The molecule has 102 valence electrons. The average Bonchev–Trinajstić information content (AvgIpc) is 2.97. The number of halogens is 2. The number of benzene rings is 1. The van der Waals surface area contributed by atoms with Crippen molar-refractivity contribution < 1.29 is 0 Å². The Balaban J connectivity index is 2.15. The third-order valence-electron chi connectivity index (χ3n) is 3.13. The third-order valence-corrected chi connectivity index (χ3v) is 4.58. The molecule has 1 aromatic carbocycles. The van der Waals surface area contributed by atoms with Crippen LogP contribution in [0.15, 0.2) is 36.7 Å². The summed E-state index contributed by atoms with van der Waals surface area (Å²) in [6.07, 6.45) is 4.62. The Bertz CT molecular complexity index is 756. The quantitative estimate of drug-likeness (QED) is 0.660. The van der Waals surface area contributed by atoms with Gasteiger partial charge in [-0.05, 0) is 30.7 Å². The molecule has 1 unspecified atom stereocenters. The molecule has 2 heterocycles. The number of hydrogen-bond acceptors (Lipinski definition) is 3. The van der Waals surface area contributed by atoms with E-state index in [-0.39, 0.29) is 4.83 Å². The molecule has 0 amide bonds. The molecular formula is C14H12BrClN4. The van der Waals surface area contributed by atoms with Gasteiger partial charge in [-0.3, -0.25) is 4.98 Å². The van der Waals surface area contributed by atoms with Gasteiger partial charge in [0.15, 0.2) is 0 Å². The molecule has 1 atom stereocenters. The largest absolute Gasteiger partial charge is 0.254 e. The van der Waals surface area contributed by atoms with Crippen LogP contribution in [-0.4, -0.2) is 20.0 Å². The molecule has 0 saturated heterocycles. The van der Waals surface area contributed by atoms with Crippen LogP contribution in [0.25, 0.3) is 16.6 Å². The minimum absolute atomic E-state index is 0.211. The molecule has 0 radical (unpaired) electrons. The number of fused-ring (bicyclic) bond motifs is 1. The van der Waals surface area contributed by atoms with Gasteiger partial charge in [-0.1, -0.05) is 39.7 Å². The molecule has 2 aromatic heterocycles. The van der Waals surface area contributed by atoms with E-state index in [1.807, 2.05) is 30.5 Å². The Labute approximate surface area is 129 Å². The molecule has 4 nitrogen and oxygen atoms in total. The summed E-state index contributed by atoms with van der Waals surface area (Å²) in [5, 5.41) is 9.98. The van der Waals surface area contributed by atoms with Gasteiger partial charge < -0.3 is 0 Å². The monoisotopic (exact) mass is 350 g/mol. The molecule has 0 spiro atoms. The third kappa shape index (κ3) is 2.31. The topological polar surface area (TPSA) is 43.6 Å². The molecule has 6 heteroatoms. The van der Waals surface area contributed by atoms with Gasteiger partial charge in [-0.2, -0.15) is 0 Å². The molecule has 0 saturated carbocycles. The molecule has 0 fully saturated rings. The molecule has 3 rings (SSSR count). The SMILES string of the molecule is CCC(Br)c1cn(-c2ccc(Cl)c3cccnc23)nn1. The van der Waals surface area contributed by atoms with E-state index in [1.54, 1.807) is 10.9 Å². The highest BCUT2D eigenvalue weighted by Crippen LogP contribution is 2.28. The minimum Gasteiger partial charge on any atom is -0.254 e. The van der Waals surface area contributed by atoms with Crippen molar-refractivity contribution in [1.29, 1.82) is 0 Å². The maximum Gasteiger partial charge on any atom is 0.0974 e. The number of nitrogens with zero attached hydrogens (tertiary/aromatic N) is 4. The number of aromatic nitrogens is 4. The highest BCUT2D eigenvalue weighted by Gasteiger charge is 2.13. The first kappa shape index (κ1) is 13.5. The van der Waals surface area contributed by atoms with Crippen molar-refractivity contribution >= 4 is 38.4 Å². The summed E-state index contributed by atoms with van der Waals surface area (Å²) in [6, 6.07) is 7.58. The van der Waals surface area contributed by atoms with Crippen LogP contribution in [0.1, 0.15) is 23.9 Å². The van der Waals surface area contributed by atoms with Crippen molar-refractivity contribution in [1.82, 2.24) is 20.0 Å². The van der Waals surface area contributed by atoms with Gasteiger partial charge in [-0.15, -0.1) is 5.10 Å². The van der Waals surface area contributed by atoms with Gasteiger partial charge in [0, 0.05) is 11.6 Å². The van der Waals surface area contributed by atoms with Gasteiger partial charge in [0.25, 0.3) is 0 Å². The Hall–Kier alpha value is -1.46. The van der Waals surface area contributed by atoms with E-state index >= 15 is 0 Å². The normalized spacial score (nSPS) is 12.8. The van der Waals surface area contributed by atoms with Gasteiger partial charge in [0.1, 0.15) is 0 Å². The molecular weight excluding hydrogens is 340 g/mol. The maximum atomic E-state index is 6.20. The number of rotatable bonds is 3. The predicted octanol–water partition coefficient (Wildman–Crippen LogP) is 4.31. The zero-order valence-corrected chi connectivity index (χ0v) is 13.1. The Morgan fingerprint density at radius 3 is 3.00 bits per heavy atom. The standard InChI is InChI=1S/C14H12BrClN4/c1-2-10(15)12-8-20(19-18-12)13-6-5-11(16)9-4-3-7-17-14(9)13/h3-8,10H,2H2,1H3. The van der Waals surface area contributed by atoms with E-state index in [1.165, 1.54) is 0 Å². The van der Waals surface area contributed by atoms with E-state index in [2.05, 4.69) is 38.1 Å². The highest BCUT2D eigenvalue weighted by molar-refractivity contribution is 9.09. The molecule has 0 aliphatic rings. The summed E-state index contributed by atoms with van der Waals surface area (Å²) >= 11 is 9.78. The fraction of sp³-hybridized carbons (Fsp3) is 0.214. The van der Waals surface area contributed by atoms with Crippen molar-refractivity contribution in [2.75, 3.05) is 0 Å². The van der Waals surface area contributed by atoms with E-state index < -0.39 is 0 Å². The van der Waals surface area contributed by atoms with Gasteiger partial charge in [0.2, 0.25) is 0 Å². The summed E-state index contributed by atoms with van der Waals surface area (Å²) in [5.41, 5.74) is 2.60. The molecule has 0 bridgehead atoms. The fourth-order valence-electron chi connectivity index (χ4n) is 2.05. The van der Waals surface area contributed by atoms with E-state index in [0.29, 0.717) is 5.02 Å². The maximum absolute atomic E-state index is 6.20. The summed E-state index contributed by atoms with van der Waals surface area (Å²) < 4.78 is 1.74. The lowest BCUT2D eigenvalue weighted by atomic mass is 10.2. The van der Waals surface area contributed by atoms with Gasteiger partial charge in [-0.25, -0.2) is 4.68 Å². The van der Waals surface area contributed by atoms with Crippen LogP contribution in [0, 0.1) is 0 Å². The molecule has 3 aromatic rings. The first-order valence-electron chi connectivity index (χ1n) is 6.30. The summed E-state index contributed by atoms with van der Waals surface area (Å²) in [4.78, 5) is 4.62. The average molecular weight is 352 g/mol. The highest BCUT2D eigenvalue weighted by atomic mass is 79.9. The summed E-state index contributed by atoms with van der Waals surface area (Å²) in [6.45, 7) is 2.09. The van der Waals surface area contributed by atoms with Crippen molar-refractivity contribution in [2.24, 2.45) is 0 Å². The van der Waals surface area contributed by atoms with Crippen LogP contribution in [0.5, 0.6) is 0 Å². The lowest BCUT2D eigenvalue weighted by molar-refractivity contribution is 0.793. The molecule has 0 N–H and O–H groups in total. The number of pyridine rings is 1. The van der Waals surface area contributed by atoms with Crippen molar-refractivity contribution in [3.05, 3.63) is 47.4 Å². The lowest BCUT2D eigenvalue weighted by Crippen LogP contribution is -1.97. The predicted molar refractivity (Wildman–Crippen MR) is 83.6 cm³/mol. The van der Waals surface area contributed by atoms with Crippen LogP contribution in [0.3, 0.4) is 0 Å². The second-order valence-corrected chi connectivity index (χ2v) is 5.94. The first-order valence-corrected chi connectivity index (χ1v) is 7.60. The van der Waals surface area contributed by atoms with Crippen molar-refractivity contribution in [3.63, 3.8) is 0 Å². The van der Waals surface area contributed by atoms with Crippen LogP contribution in [0.4, 0.5) is 0 Å². The second kappa shape index (κ2) is 5.50. The Morgan fingerprint density at radius 1 is 1.35 bits per heavy atom. The smallest absolute Gasteiger partial charge is 0.0974 e. The fourth-order valence-corrected chi connectivity index (χ4v) is 2.48. The Morgan fingerprint density at radius 2 is 2.20 bits per heavy atom. The van der Waals surface area contributed by atoms with Crippen LogP contribution >= 0.6 is 27.5 Å². The van der Waals surface area contributed by atoms with Gasteiger partial charge in [0.05, 0.1) is 32.9 Å².